The van der Waals surface area contributed by atoms with Crippen LogP contribution in [-0.4, -0.2) is 31.3 Å². The second-order valence-electron chi connectivity index (χ2n) is 5.02. The zero-order valence-corrected chi connectivity index (χ0v) is 12.6. The summed E-state index contributed by atoms with van der Waals surface area (Å²) in [5.41, 5.74) is 6.92. The number of rotatable bonds is 6. The van der Waals surface area contributed by atoms with Crippen molar-refractivity contribution in [2.45, 2.75) is 12.1 Å². The van der Waals surface area contributed by atoms with E-state index in [0.717, 1.165) is 11.3 Å². The van der Waals surface area contributed by atoms with Gasteiger partial charge in [-0.3, -0.25) is 4.79 Å². The van der Waals surface area contributed by atoms with Gasteiger partial charge in [-0.15, -0.1) is 0 Å². The number of hydrogen-bond acceptors (Lipinski definition) is 4. The molecule has 0 aromatic heterocycles. The lowest BCUT2D eigenvalue weighted by Crippen LogP contribution is -2.42. The second-order valence-corrected chi connectivity index (χ2v) is 5.02. The van der Waals surface area contributed by atoms with E-state index in [1.54, 1.807) is 14.2 Å². The Morgan fingerprint density at radius 1 is 1.18 bits per heavy atom. The highest BCUT2D eigenvalue weighted by molar-refractivity contribution is 5.80. The van der Waals surface area contributed by atoms with Gasteiger partial charge >= 0.3 is 0 Å². The number of hydrogen-bond donors (Lipinski definition) is 2. The van der Waals surface area contributed by atoms with Gasteiger partial charge in [0, 0.05) is 18.8 Å². The maximum atomic E-state index is 11.5. The minimum atomic E-state index is -1.32. The maximum absolute atomic E-state index is 11.5. The van der Waals surface area contributed by atoms with Crippen molar-refractivity contribution in [2.75, 3.05) is 19.1 Å². The van der Waals surface area contributed by atoms with Crippen LogP contribution in [0.15, 0.2) is 54.6 Å². The fourth-order valence-electron chi connectivity index (χ4n) is 2.41. The van der Waals surface area contributed by atoms with Gasteiger partial charge in [0.05, 0.1) is 13.2 Å². The van der Waals surface area contributed by atoms with E-state index < -0.39 is 18.1 Å². The number of carbonyl (C=O) groups excluding carboxylic acids is 1. The zero-order valence-electron chi connectivity index (χ0n) is 12.6. The van der Waals surface area contributed by atoms with Crippen molar-refractivity contribution in [1.29, 1.82) is 0 Å². The minimum Gasteiger partial charge on any atom is -0.497 e. The van der Waals surface area contributed by atoms with E-state index in [9.17, 15) is 9.90 Å². The number of amides is 1. The third kappa shape index (κ3) is 3.38. The van der Waals surface area contributed by atoms with Gasteiger partial charge in [-0.1, -0.05) is 36.4 Å². The van der Waals surface area contributed by atoms with E-state index >= 15 is 0 Å². The molecule has 0 aliphatic carbocycles. The number of benzene rings is 2. The Hall–Kier alpha value is -2.53. The van der Waals surface area contributed by atoms with Crippen molar-refractivity contribution in [3.63, 3.8) is 0 Å². The Labute approximate surface area is 129 Å². The highest BCUT2D eigenvalue weighted by Gasteiger charge is 2.29. The van der Waals surface area contributed by atoms with Crippen LogP contribution < -0.4 is 15.4 Å². The highest BCUT2D eigenvalue weighted by atomic mass is 16.5. The molecular formula is C17H20N2O3. The van der Waals surface area contributed by atoms with Gasteiger partial charge in [-0.25, -0.2) is 0 Å². The summed E-state index contributed by atoms with van der Waals surface area (Å²) in [6.07, 6.45) is -1.32. The van der Waals surface area contributed by atoms with E-state index in [0.29, 0.717) is 5.75 Å². The number of primary amides is 1. The number of nitrogens with zero attached hydrogens (tertiary/aromatic N) is 1. The summed E-state index contributed by atoms with van der Waals surface area (Å²) in [4.78, 5) is 13.3. The van der Waals surface area contributed by atoms with Crippen LogP contribution in [-0.2, 0) is 4.79 Å². The number of ether oxygens (including phenoxy) is 1. The van der Waals surface area contributed by atoms with E-state index in [1.807, 2.05) is 59.5 Å². The molecule has 1 amide bonds. The molecule has 2 rings (SSSR count). The predicted octanol–water partition coefficient (Wildman–Crippen LogP) is 1.72. The van der Waals surface area contributed by atoms with Crippen LogP contribution >= 0.6 is 0 Å². The van der Waals surface area contributed by atoms with E-state index in [4.69, 9.17) is 10.5 Å². The number of likely N-dealkylation sites (N-methyl/N-ethyl adjacent to an activating group) is 1. The van der Waals surface area contributed by atoms with Crippen molar-refractivity contribution in [1.82, 2.24) is 0 Å². The molecule has 0 bridgehead atoms. The molecule has 22 heavy (non-hydrogen) atoms. The SMILES string of the molecule is COc1cccc(N(C)C(c2ccccc2)C(O)C(N)=O)c1. The number of aliphatic hydroxyl groups is 1. The van der Waals surface area contributed by atoms with Crippen molar-refractivity contribution >= 4 is 11.6 Å². The molecule has 0 heterocycles. The van der Waals surface area contributed by atoms with E-state index in [1.165, 1.54) is 0 Å². The van der Waals surface area contributed by atoms with Crippen LogP contribution in [0.2, 0.25) is 0 Å². The van der Waals surface area contributed by atoms with Crippen molar-refractivity contribution in [2.24, 2.45) is 5.73 Å². The first-order valence-corrected chi connectivity index (χ1v) is 6.94. The maximum Gasteiger partial charge on any atom is 0.248 e. The second kappa shape index (κ2) is 6.95. The number of methoxy groups -OCH3 is 1. The molecule has 5 heteroatoms. The quantitative estimate of drug-likeness (QED) is 0.851. The summed E-state index contributed by atoms with van der Waals surface area (Å²) in [6.45, 7) is 0. The number of nitrogens with two attached hydrogens (primary N) is 1. The highest BCUT2D eigenvalue weighted by Crippen LogP contribution is 2.30. The average Bonchev–Trinajstić information content (AvgIpc) is 2.55. The third-order valence-electron chi connectivity index (χ3n) is 3.61. The van der Waals surface area contributed by atoms with E-state index in [2.05, 4.69) is 0 Å². The molecule has 0 saturated carbocycles. The molecule has 5 nitrogen and oxygen atoms in total. The molecule has 0 fully saturated rings. The average molecular weight is 300 g/mol. The minimum absolute atomic E-state index is 0.578. The number of carbonyl (C=O) groups is 1. The Balaban J connectivity index is 2.41. The predicted molar refractivity (Wildman–Crippen MR) is 85.8 cm³/mol. The summed E-state index contributed by atoms with van der Waals surface area (Å²) in [5, 5.41) is 10.3. The summed E-state index contributed by atoms with van der Waals surface area (Å²) >= 11 is 0. The molecule has 0 aliphatic rings. The lowest BCUT2D eigenvalue weighted by Gasteiger charge is -2.33. The normalized spacial score (nSPS) is 13.2. The molecule has 116 valence electrons. The Kier molecular flexibility index (Phi) is 5.01. The summed E-state index contributed by atoms with van der Waals surface area (Å²) in [5.74, 6) is -0.0617. The van der Waals surface area contributed by atoms with Crippen LogP contribution in [0.3, 0.4) is 0 Å². The lowest BCUT2D eigenvalue weighted by atomic mass is 9.99. The smallest absolute Gasteiger partial charge is 0.248 e. The van der Waals surface area contributed by atoms with Gasteiger partial charge in [0.15, 0.2) is 6.10 Å². The van der Waals surface area contributed by atoms with Crippen LogP contribution in [0.5, 0.6) is 5.75 Å². The van der Waals surface area contributed by atoms with Crippen molar-refractivity contribution in [3.05, 3.63) is 60.2 Å². The van der Waals surface area contributed by atoms with Crippen molar-refractivity contribution < 1.29 is 14.6 Å². The number of anilines is 1. The number of aliphatic hydroxyl groups excluding tert-OH is 1. The molecule has 2 atom stereocenters. The van der Waals surface area contributed by atoms with Gasteiger partial charge in [0.25, 0.3) is 0 Å². The zero-order chi connectivity index (χ0) is 16.1. The molecule has 0 spiro atoms. The van der Waals surface area contributed by atoms with Gasteiger partial charge in [-0.2, -0.15) is 0 Å². The largest absolute Gasteiger partial charge is 0.497 e. The van der Waals surface area contributed by atoms with Gasteiger partial charge in [0.2, 0.25) is 5.91 Å². The topological polar surface area (TPSA) is 75.8 Å². The summed E-state index contributed by atoms with van der Waals surface area (Å²) in [7, 11) is 3.39. The molecule has 3 N–H and O–H groups in total. The Morgan fingerprint density at radius 3 is 2.45 bits per heavy atom. The molecule has 2 aromatic carbocycles. The van der Waals surface area contributed by atoms with Crippen molar-refractivity contribution in [3.8, 4) is 5.75 Å². The van der Waals surface area contributed by atoms with Crippen LogP contribution in [0, 0.1) is 0 Å². The first kappa shape index (κ1) is 15.9. The Bertz CT molecular complexity index is 631. The standard InChI is InChI=1S/C17H20N2O3/c1-19(13-9-6-10-14(11-13)22-2)15(16(20)17(18)21)12-7-4-3-5-8-12/h3-11,15-16,20H,1-2H3,(H2,18,21). The first-order valence-electron chi connectivity index (χ1n) is 6.94. The van der Waals surface area contributed by atoms with Crippen LogP contribution in [0.1, 0.15) is 11.6 Å². The molecule has 2 aromatic rings. The van der Waals surface area contributed by atoms with Gasteiger partial charge < -0.3 is 20.5 Å². The van der Waals surface area contributed by atoms with Gasteiger partial charge in [0.1, 0.15) is 5.75 Å². The molecular weight excluding hydrogens is 280 g/mol. The summed E-state index contributed by atoms with van der Waals surface area (Å²) < 4.78 is 5.22. The molecule has 0 radical (unpaired) electrons. The summed E-state index contributed by atoms with van der Waals surface area (Å²) in [6, 6.07) is 16.1. The van der Waals surface area contributed by atoms with Gasteiger partial charge in [-0.05, 0) is 17.7 Å². The van der Waals surface area contributed by atoms with E-state index in [-0.39, 0.29) is 0 Å². The molecule has 0 aliphatic heterocycles. The van der Waals surface area contributed by atoms with Crippen LogP contribution in [0.25, 0.3) is 0 Å². The van der Waals surface area contributed by atoms with Crippen LogP contribution in [0.4, 0.5) is 5.69 Å². The fraction of sp³-hybridized carbons (Fsp3) is 0.235. The lowest BCUT2D eigenvalue weighted by molar-refractivity contribution is -0.127. The first-order chi connectivity index (χ1) is 10.5. The molecule has 2 unspecified atom stereocenters. The third-order valence-corrected chi connectivity index (χ3v) is 3.61. The fourth-order valence-corrected chi connectivity index (χ4v) is 2.41. The Morgan fingerprint density at radius 2 is 1.86 bits per heavy atom. The monoisotopic (exact) mass is 300 g/mol. The molecule has 0 saturated heterocycles.